The first-order chi connectivity index (χ1) is 11.3. The Morgan fingerprint density at radius 2 is 2.16 bits per heavy atom. The molecule has 2 saturated heterocycles. The van der Waals surface area contributed by atoms with Crippen LogP contribution in [-0.2, 0) is 11.0 Å². The van der Waals surface area contributed by atoms with Gasteiger partial charge in [0, 0.05) is 25.3 Å². The molecule has 3 heterocycles. The van der Waals surface area contributed by atoms with Gasteiger partial charge in [0.1, 0.15) is 5.82 Å². The number of pyridine rings is 1. The van der Waals surface area contributed by atoms with Crippen LogP contribution in [0.25, 0.3) is 0 Å². The molecule has 2 aliphatic heterocycles. The number of hydrogen-bond donors (Lipinski definition) is 2. The molecule has 0 radical (unpaired) electrons. The fourth-order valence-electron chi connectivity index (χ4n) is 3.10. The number of carbonyl (C=O) groups excluding carboxylic acids is 1. The van der Waals surface area contributed by atoms with Gasteiger partial charge >= 0.3 is 6.18 Å². The zero-order valence-corrected chi connectivity index (χ0v) is 14.8. The predicted molar refractivity (Wildman–Crippen MR) is 91.3 cm³/mol. The van der Waals surface area contributed by atoms with Gasteiger partial charge in [-0.1, -0.05) is 11.6 Å². The fraction of sp³-hybridized carbons (Fsp3) is 0.600. The molecule has 2 fully saturated rings. The minimum Gasteiger partial charge on any atom is -0.353 e. The summed E-state index contributed by atoms with van der Waals surface area (Å²) in [6.45, 7) is 1.91. The average Bonchev–Trinajstić information content (AvgIpc) is 3.17. The topological polar surface area (TPSA) is 57.3 Å². The Labute approximate surface area is 154 Å². The third kappa shape index (κ3) is 4.68. The van der Waals surface area contributed by atoms with Gasteiger partial charge in [-0.15, -0.1) is 12.4 Å². The maximum Gasteiger partial charge on any atom is 0.417 e. The molecule has 2 atom stereocenters. The van der Waals surface area contributed by atoms with E-state index in [2.05, 4.69) is 15.6 Å². The van der Waals surface area contributed by atoms with Crippen LogP contribution in [0.3, 0.4) is 0 Å². The highest BCUT2D eigenvalue weighted by atomic mass is 35.5. The molecule has 1 amide bonds. The van der Waals surface area contributed by atoms with Crippen LogP contribution >= 0.6 is 24.0 Å². The highest BCUT2D eigenvalue weighted by Crippen LogP contribution is 2.34. The smallest absolute Gasteiger partial charge is 0.353 e. The van der Waals surface area contributed by atoms with Gasteiger partial charge in [-0.3, -0.25) is 4.79 Å². The molecule has 0 aliphatic carbocycles. The second-order valence-electron chi connectivity index (χ2n) is 6.12. The minimum absolute atomic E-state index is 0. The van der Waals surface area contributed by atoms with Crippen molar-refractivity contribution >= 4 is 35.7 Å². The Kier molecular flexibility index (Phi) is 6.40. The normalized spacial score (nSPS) is 23.4. The summed E-state index contributed by atoms with van der Waals surface area (Å²) >= 11 is 5.97. The molecule has 25 heavy (non-hydrogen) atoms. The van der Waals surface area contributed by atoms with Crippen LogP contribution in [0.15, 0.2) is 12.3 Å². The molecule has 3 rings (SSSR count). The van der Waals surface area contributed by atoms with Crippen LogP contribution < -0.4 is 15.5 Å². The standard InChI is InChI=1S/C15H18ClF3N4O.ClH/c16-11-6-9(15(17,18)19)7-21-13(11)23-5-3-10(8-23)22-14(24)12-2-1-4-20-12;/h6-7,10,12,20H,1-5,8H2,(H,22,24);1H/t10?,12-;/m0./s1. The van der Waals surface area contributed by atoms with E-state index in [0.29, 0.717) is 25.3 Å². The molecule has 0 saturated carbocycles. The van der Waals surface area contributed by atoms with Crippen LogP contribution in [0.1, 0.15) is 24.8 Å². The lowest BCUT2D eigenvalue weighted by molar-refractivity contribution is -0.137. The highest BCUT2D eigenvalue weighted by molar-refractivity contribution is 6.33. The highest BCUT2D eigenvalue weighted by Gasteiger charge is 2.33. The summed E-state index contributed by atoms with van der Waals surface area (Å²) < 4.78 is 38.0. The first-order valence-electron chi connectivity index (χ1n) is 7.86. The van der Waals surface area contributed by atoms with Crippen LogP contribution in [0, 0.1) is 0 Å². The first kappa shape index (κ1) is 20.1. The van der Waals surface area contributed by atoms with Gasteiger partial charge in [0.25, 0.3) is 0 Å². The monoisotopic (exact) mass is 398 g/mol. The lowest BCUT2D eigenvalue weighted by Crippen LogP contribution is -2.46. The zero-order chi connectivity index (χ0) is 17.3. The quantitative estimate of drug-likeness (QED) is 0.821. The summed E-state index contributed by atoms with van der Waals surface area (Å²) in [6, 6.07) is 0.685. The van der Waals surface area contributed by atoms with Gasteiger partial charge in [-0.05, 0) is 31.9 Å². The van der Waals surface area contributed by atoms with E-state index in [1.54, 1.807) is 4.90 Å². The number of nitrogens with zero attached hydrogens (tertiary/aromatic N) is 2. The molecule has 2 N–H and O–H groups in total. The molecular weight excluding hydrogens is 380 g/mol. The van der Waals surface area contributed by atoms with E-state index in [9.17, 15) is 18.0 Å². The van der Waals surface area contributed by atoms with E-state index in [-0.39, 0.29) is 35.4 Å². The number of halogens is 5. The number of nitrogens with one attached hydrogen (secondary N) is 2. The number of anilines is 1. The second kappa shape index (κ2) is 7.97. The summed E-state index contributed by atoms with van der Waals surface area (Å²) in [5, 5.41) is 6.09. The lowest BCUT2D eigenvalue weighted by Gasteiger charge is -2.20. The Morgan fingerprint density at radius 3 is 2.76 bits per heavy atom. The van der Waals surface area contributed by atoms with Crippen LogP contribution in [0.5, 0.6) is 0 Å². The maximum atomic E-state index is 12.7. The molecule has 1 aromatic rings. The lowest BCUT2D eigenvalue weighted by atomic mass is 10.2. The number of hydrogen-bond acceptors (Lipinski definition) is 4. The van der Waals surface area contributed by atoms with Crippen molar-refractivity contribution in [1.82, 2.24) is 15.6 Å². The van der Waals surface area contributed by atoms with E-state index in [4.69, 9.17) is 11.6 Å². The first-order valence-corrected chi connectivity index (χ1v) is 8.24. The van der Waals surface area contributed by atoms with Crippen molar-refractivity contribution in [1.29, 1.82) is 0 Å². The number of carbonyl (C=O) groups is 1. The third-order valence-electron chi connectivity index (χ3n) is 4.36. The number of alkyl halides is 3. The van der Waals surface area contributed by atoms with Crippen molar-refractivity contribution in [2.75, 3.05) is 24.5 Å². The Morgan fingerprint density at radius 1 is 1.40 bits per heavy atom. The summed E-state index contributed by atoms with van der Waals surface area (Å²) in [5.41, 5.74) is -0.868. The average molecular weight is 399 g/mol. The summed E-state index contributed by atoms with van der Waals surface area (Å²) in [5.74, 6) is 0.297. The Bertz CT molecular complexity index is 623. The van der Waals surface area contributed by atoms with Gasteiger partial charge in [-0.25, -0.2) is 4.98 Å². The van der Waals surface area contributed by atoms with Gasteiger partial charge in [-0.2, -0.15) is 13.2 Å². The van der Waals surface area contributed by atoms with Crippen LogP contribution in [0.4, 0.5) is 19.0 Å². The molecule has 0 bridgehead atoms. The van der Waals surface area contributed by atoms with E-state index < -0.39 is 11.7 Å². The van der Waals surface area contributed by atoms with Crippen molar-refractivity contribution in [2.24, 2.45) is 0 Å². The molecule has 0 spiro atoms. The Hall–Kier alpha value is -1.25. The summed E-state index contributed by atoms with van der Waals surface area (Å²) in [4.78, 5) is 17.8. The Balaban J connectivity index is 0.00000225. The van der Waals surface area contributed by atoms with Gasteiger partial charge < -0.3 is 15.5 Å². The largest absolute Gasteiger partial charge is 0.417 e. The predicted octanol–water partition coefficient (Wildman–Crippen LogP) is 2.62. The van der Waals surface area contributed by atoms with Gasteiger partial charge in [0.2, 0.25) is 5.91 Å². The van der Waals surface area contributed by atoms with E-state index in [1.807, 2.05) is 0 Å². The zero-order valence-electron chi connectivity index (χ0n) is 13.3. The van der Waals surface area contributed by atoms with Gasteiger partial charge in [0.15, 0.2) is 0 Å². The molecule has 140 valence electrons. The third-order valence-corrected chi connectivity index (χ3v) is 4.64. The number of rotatable bonds is 3. The van der Waals surface area contributed by atoms with Crippen molar-refractivity contribution < 1.29 is 18.0 Å². The SMILES string of the molecule is Cl.O=C(NC1CCN(c2ncc(C(F)(F)F)cc2Cl)C1)[C@@H]1CCCN1. The molecular formula is C15H19Cl2F3N4O. The van der Waals surface area contributed by atoms with Gasteiger partial charge in [0.05, 0.1) is 16.6 Å². The minimum atomic E-state index is -4.47. The van der Waals surface area contributed by atoms with Crippen molar-refractivity contribution in [2.45, 2.75) is 37.5 Å². The second-order valence-corrected chi connectivity index (χ2v) is 6.52. The molecule has 10 heteroatoms. The molecule has 0 aromatic carbocycles. The van der Waals surface area contributed by atoms with E-state index in [1.165, 1.54) is 0 Å². The summed E-state index contributed by atoms with van der Waals surface area (Å²) in [6.07, 6.45) is -1.16. The van der Waals surface area contributed by atoms with Crippen molar-refractivity contribution in [3.8, 4) is 0 Å². The number of aromatic nitrogens is 1. The molecule has 1 aromatic heterocycles. The summed E-state index contributed by atoms with van der Waals surface area (Å²) in [7, 11) is 0. The van der Waals surface area contributed by atoms with Crippen molar-refractivity contribution in [3.63, 3.8) is 0 Å². The van der Waals surface area contributed by atoms with Crippen molar-refractivity contribution in [3.05, 3.63) is 22.8 Å². The molecule has 1 unspecified atom stereocenters. The molecule has 5 nitrogen and oxygen atoms in total. The van der Waals surface area contributed by atoms with Crippen LogP contribution in [-0.4, -0.2) is 42.6 Å². The van der Waals surface area contributed by atoms with E-state index >= 15 is 0 Å². The number of amides is 1. The maximum absolute atomic E-state index is 12.7. The van der Waals surface area contributed by atoms with Crippen LogP contribution in [0.2, 0.25) is 5.02 Å². The van der Waals surface area contributed by atoms with E-state index in [0.717, 1.165) is 31.6 Å². The molecule has 2 aliphatic rings. The fourth-order valence-corrected chi connectivity index (χ4v) is 3.38.